The number of hydrogen-bond acceptors (Lipinski definition) is 2. The smallest absolute Gasteiger partial charge is 0.146 e. The van der Waals surface area contributed by atoms with Crippen LogP contribution in [0, 0.1) is 5.82 Å². The number of para-hydroxylation sites is 1. The first kappa shape index (κ1) is 13.8. The van der Waals surface area contributed by atoms with Gasteiger partial charge >= 0.3 is 0 Å². The summed E-state index contributed by atoms with van der Waals surface area (Å²) in [5.74, 6) is -0.146. The Labute approximate surface area is 116 Å². The van der Waals surface area contributed by atoms with E-state index in [1.54, 1.807) is 13.2 Å². The number of alkyl halides is 1. The number of hydrogen-bond donors (Lipinski definition) is 0. The number of halogens is 2. The minimum atomic E-state index is -0.176. The second kappa shape index (κ2) is 5.57. The molecular weight excluding hydrogens is 297 g/mol. The molecule has 0 aromatic heterocycles. The van der Waals surface area contributed by atoms with Gasteiger partial charge in [0, 0.05) is 25.5 Å². The summed E-state index contributed by atoms with van der Waals surface area (Å²) in [4.78, 5) is 2.11. The van der Waals surface area contributed by atoms with E-state index in [2.05, 4.69) is 27.8 Å². The maximum absolute atomic E-state index is 14.1. The molecule has 100 valence electrons. The molecule has 1 heterocycles. The molecule has 1 aromatic carbocycles. The Bertz CT molecular complexity index is 426. The maximum Gasteiger partial charge on any atom is 0.146 e. The summed E-state index contributed by atoms with van der Waals surface area (Å²) < 4.78 is 19.6. The maximum atomic E-state index is 14.1. The molecule has 18 heavy (non-hydrogen) atoms. The Kier molecular flexibility index (Phi) is 4.28. The van der Waals surface area contributed by atoms with Gasteiger partial charge in [0.15, 0.2) is 0 Å². The van der Waals surface area contributed by atoms with Gasteiger partial charge in [-0.15, -0.1) is 0 Å². The SMILES string of the molecule is COC1(C)CCCN(c2c(F)cccc2CBr)C1. The largest absolute Gasteiger partial charge is 0.377 e. The summed E-state index contributed by atoms with van der Waals surface area (Å²) in [7, 11) is 1.73. The molecule has 2 nitrogen and oxygen atoms in total. The summed E-state index contributed by atoms with van der Waals surface area (Å²) in [6.45, 7) is 3.72. The number of methoxy groups -OCH3 is 1. The van der Waals surface area contributed by atoms with Gasteiger partial charge in [-0.3, -0.25) is 0 Å². The summed E-state index contributed by atoms with van der Waals surface area (Å²) in [5.41, 5.74) is 1.54. The highest BCUT2D eigenvalue weighted by Gasteiger charge is 2.32. The van der Waals surface area contributed by atoms with E-state index >= 15 is 0 Å². The third-order valence-electron chi connectivity index (χ3n) is 3.68. The van der Waals surface area contributed by atoms with E-state index in [0.717, 1.165) is 37.2 Å². The zero-order chi connectivity index (χ0) is 13.2. The van der Waals surface area contributed by atoms with Crippen molar-refractivity contribution in [3.8, 4) is 0 Å². The molecule has 0 amide bonds. The van der Waals surface area contributed by atoms with E-state index in [9.17, 15) is 4.39 Å². The molecule has 0 spiro atoms. The highest BCUT2D eigenvalue weighted by atomic mass is 79.9. The van der Waals surface area contributed by atoms with E-state index in [-0.39, 0.29) is 11.4 Å². The fourth-order valence-electron chi connectivity index (χ4n) is 2.59. The van der Waals surface area contributed by atoms with Crippen molar-refractivity contribution in [1.29, 1.82) is 0 Å². The van der Waals surface area contributed by atoms with Gasteiger partial charge in [0.1, 0.15) is 5.82 Å². The minimum Gasteiger partial charge on any atom is -0.377 e. The van der Waals surface area contributed by atoms with Gasteiger partial charge in [0.05, 0.1) is 11.3 Å². The Morgan fingerprint density at radius 2 is 2.28 bits per heavy atom. The van der Waals surface area contributed by atoms with Crippen LogP contribution >= 0.6 is 15.9 Å². The second-order valence-electron chi connectivity index (χ2n) is 5.06. The van der Waals surface area contributed by atoms with E-state index < -0.39 is 0 Å². The first-order valence-electron chi connectivity index (χ1n) is 6.23. The van der Waals surface area contributed by atoms with Crippen molar-refractivity contribution in [2.45, 2.75) is 30.7 Å². The molecule has 0 bridgehead atoms. The lowest BCUT2D eigenvalue weighted by Crippen LogP contribution is -2.48. The number of rotatable bonds is 3. The summed E-state index contributed by atoms with van der Waals surface area (Å²) in [5, 5.41) is 0.667. The third-order valence-corrected chi connectivity index (χ3v) is 4.29. The normalized spacial score (nSPS) is 24.3. The second-order valence-corrected chi connectivity index (χ2v) is 5.62. The van der Waals surface area contributed by atoms with Crippen LogP contribution in [0.15, 0.2) is 18.2 Å². The molecule has 0 saturated carbocycles. The molecule has 1 aliphatic heterocycles. The van der Waals surface area contributed by atoms with Gasteiger partial charge in [0.25, 0.3) is 0 Å². The van der Waals surface area contributed by atoms with Crippen molar-refractivity contribution in [3.05, 3.63) is 29.6 Å². The summed E-state index contributed by atoms with van der Waals surface area (Å²) >= 11 is 3.43. The lowest BCUT2D eigenvalue weighted by atomic mass is 9.94. The lowest BCUT2D eigenvalue weighted by molar-refractivity contribution is -0.00479. The fourth-order valence-corrected chi connectivity index (χ4v) is 3.04. The first-order valence-corrected chi connectivity index (χ1v) is 7.35. The number of ether oxygens (including phenoxy) is 1. The standard InChI is InChI=1S/C14H19BrFNO/c1-14(18-2)7-4-8-17(10-14)13-11(9-15)5-3-6-12(13)16/h3,5-6H,4,7-10H2,1-2H3. The predicted octanol–water partition coefficient (Wildman–Crippen LogP) is 3.73. The Morgan fingerprint density at radius 1 is 1.50 bits per heavy atom. The van der Waals surface area contributed by atoms with Gasteiger partial charge in [-0.1, -0.05) is 28.1 Å². The van der Waals surface area contributed by atoms with Gasteiger partial charge < -0.3 is 9.64 Å². The highest BCUT2D eigenvalue weighted by Crippen LogP contribution is 2.32. The molecule has 1 atom stereocenters. The van der Waals surface area contributed by atoms with Crippen LogP contribution in [0.4, 0.5) is 10.1 Å². The van der Waals surface area contributed by atoms with Crippen molar-refractivity contribution < 1.29 is 9.13 Å². The zero-order valence-electron chi connectivity index (χ0n) is 10.9. The zero-order valence-corrected chi connectivity index (χ0v) is 12.5. The lowest BCUT2D eigenvalue weighted by Gasteiger charge is -2.41. The molecule has 1 fully saturated rings. The van der Waals surface area contributed by atoms with Crippen LogP contribution in [0.25, 0.3) is 0 Å². The molecule has 0 N–H and O–H groups in total. The van der Waals surface area contributed by atoms with Gasteiger partial charge in [-0.25, -0.2) is 4.39 Å². The van der Waals surface area contributed by atoms with Crippen molar-refractivity contribution in [1.82, 2.24) is 0 Å². The molecular formula is C14H19BrFNO. The van der Waals surface area contributed by atoms with Crippen LogP contribution in [-0.4, -0.2) is 25.8 Å². The fraction of sp³-hybridized carbons (Fsp3) is 0.571. The van der Waals surface area contributed by atoms with Crippen LogP contribution in [-0.2, 0) is 10.1 Å². The molecule has 1 saturated heterocycles. The average molecular weight is 316 g/mol. The van der Waals surface area contributed by atoms with Crippen LogP contribution in [0.5, 0.6) is 0 Å². The van der Waals surface area contributed by atoms with Gasteiger partial charge in [-0.2, -0.15) is 0 Å². The van der Waals surface area contributed by atoms with Gasteiger partial charge in [0.2, 0.25) is 0 Å². The van der Waals surface area contributed by atoms with Crippen molar-refractivity contribution in [2.24, 2.45) is 0 Å². The predicted molar refractivity (Wildman–Crippen MR) is 75.9 cm³/mol. The van der Waals surface area contributed by atoms with E-state index in [4.69, 9.17) is 4.74 Å². The molecule has 0 aliphatic carbocycles. The van der Waals surface area contributed by atoms with Crippen molar-refractivity contribution >= 4 is 21.6 Å². The number of piperidine rings is 1. The first-order chi connectivity index (χ1) is 8.59. The van der Waals surface area contributed by atoms with Crippen LogP contribution in [0.3, 0.4) is 0 Å². The quantitative estimate of drug-likeness (QED) is 0.788. The molecule has 1 aromatic rings. The van der Waals surface area contributed by atoms with Crippen LogP contribution in [0.2, 0.25) is 0 Å². The van der Waals surface area contributed by atoms with Crippen molar-refractivity contribution in [3.63, 3.8) is 0 Å². The molecule has 2 rings (SSSR count). The van der Waals surface area contributed by atoms with Gasteiger partial charge in [-0.05, 0) is 31.4 Å². The summed E-state index contributed by atoms with van der Waals surface area (Å²) in [6.07, 6.45) is 2.05. The number of anilines is 1. The average Bonchev–Trinajstić information content (AvgIpc) is 2.38. The molecule has 1 aliphatic rings. The van der Waals surface area contributed by atoms with Crippen LogP contribution < -0.4 is 4.90 Å². The Hall–Kier alpha value is -0.610. The van der Waals surface area contributed by atoms with E-state index in [1.165, 1.54) is 6.07 Å². The highest BCUT2D eigenvalue weighted by molar-refractivity contribution is 9.08. The summed E-state index contributed by atoms with van der Waals surface area (Å²) in [6, 6.07) is 5.25. The Morgan fingerprint density at radius 3 is 2.94 bits per heavy atom. The molecule has 1 unspecified atom stereocenters. The monoisotopic (exact) mass is 315 g/mol. The van der Waals surface area contributed by atoms with Crippen LogP contribution in [0.1, 0.15) is 25.3 Å². The topological polar surface area (TPSA) is 12.5 Å². The number of benzene rings is 1. The third kappa shape index (κ3) is 2.69. The molecule has 4 heteroatoms. The number of nitrogens with zero attached hydrogens (tertiary/aromatic N) is 1. The molecule has 0 radical (unpaired) electrons. The van der Waals surface area contributed by atoms with E-state index in [1.807, 2.05) is 6.07 Å². The van der Waals surface area contributed by atoms with E-state index in [0.29, 0.717) is 5.33 Å². The minimum absolute atomic E-state index is 0.146. The Balaban J connectivity index is 2.31. The van der Waals surface area contributed by atoms with Crippen molar-refractivity contribution in [2.75, 3.05) is 25.1 Å².